The van der Waals surface area contributed by atoms with Crippen molar-refractivity contribution in [2.24, 2.45) is 0 Å². The summed E-state index contributed by atoms with van der Waals surface area (Å²) in [5, 5.41) is 1.60. The molecule has 0 bridgehead atoms. The van der Waals surface area contributed by atoms with Crippen LogP contribution in [0.1, 0.15) is 11.1 Å². The second kappa shape index (κ2) is 7.47. The van der Waals surface area contributed by atoms with Crippen LogP contribution in [0.5, 0.6) is 0 Å². The standard InChI is InChI=1S/C18H19Cl2N2/c19-17-5-1-3-15(11-17)13-21-7-9-22(10-8-21)14-16-4-2-6-18(20)12-16/h1-6,11-13H,7-10,14H2. The fraction of sp³-hybridized carbons (Fsp3) is 0.278. The smallest absolute Gasteiger partial charge is 0.0547 e. The Morgan fingerprint density at radius 2 is 1.55 bits per heavy atom. The Hall–Kier alpha value is -1.06. The summed E-state index contributed by atoms with van der Waals surface area (Å²) in [6.45, 7) is 7.35. The van der Waals surface area contributed by atoms with Crippen LogP contribution in [-0.2, 0) is 6.54 Å². The predicted molar refractivity (Wildman–Crippen MR) is 93.2 cm³/mol. The quantitative estimate of drug-likeness (QED) is 0.822. The first-order valence-electron chi connectivity index (χ1n) is 7.50. The molecule has 1 aliphatic heterocycles. The summed E-state index contributed by atoms with van der Waals surface area (Å²) < 4.78 is 0. The Kier molecular flexibility index (Phi) is 5.37. The predicted octanol–water partition coefficient (Wildman–Crippen LogP) is 4.32. The molecular formula is C18H19Cl2N2. The van der Waals surface area contributed by atoms with Gasteiger partial charge in [0.2, 0.25) is 0 Å². The van der Waals surface area contributed by atoms with Gasteiger partial charge in [-0.15, -0.1) is 0 Å². The zero-order valence-corrected chi connectivity index (χ0v) is 13.9. The molecule has 0 unspecified atom stereocenters. The average Bonchev–Trinajstić information content (AvgIpc) is 2.49. The summed E-state index contributed by atoms with van der Waals surface area (Å²) >= 11 is 12.1. The van der Waals surface area contributed by atoms with Gasteiger partial charge in [-0.1, -0.05) is 47.5 Å². The van der Waals surface area contributed by atoms with Crippen molar-refractivity contribution in [3.05, 3.63) is 76.2 Å². The Labute approximate surface area is 142 Å². The van der Waals surface area contributed by atoms with E-state index < -0.39 is 0 Å². The van der Waals surface area contributed by atoms with E-state index in [1.165, 1.54) is 5.56 Å². The normalized spacial score (nSPS) is 16.8. The molecule has 1 saturated heterocycles. The Balaban J connectivity index is 1.50. The molecule has 2 aromatic carbocycles. The van der Waals surface area contributed by atoms with Gasteiger partial charge in [-0.2, -0.15) is 0 Å². The van der Waals surface area contributed by atoms with Crippen LogP contribution in [0.15, 0.2) is 48.5 Å². The number of benzene rings is 2. The van der Waals surface area contributed by atoms with Crippen LogP contribution in [0.4, 0.5) is 0 Å². The topological polar surface area (TPSA) is 6.48 Å². The zero-order valence-electron chi connectivity index (χ0n) is 12.4. The van der Waals surface area contributed by atoms with Crippen molar-refractivity contribution in [2.75, 3.05) is 26.2 Å². The lowest BCUT2D eigenvalue weighted by molar-refractivity contribution is 0.152. The molecule has 22 heavy (non-hydrogen) atoms. The van der Waals surface area contributed by atoms with Crippen LogP contribution in [0, 0.1) is 6.54 Å². The van der Waals surface area contributed by atoms with Gasteiger partial charge in [-0.3, -0.25) is 9.80 Å². The third-order valence-corrected chi connectivity index (χ3v) is 4.35. The van der Waals surface area contributed by atoms with Crippen molar-refractivity contribution >= 4 is 23.2 Å². The van der Waals surface area contributed by atoms with Gasteiger partial charge in [-0.05, 0) is 35.4 Å². The largest absolute Gasteiger partial charge is 0.297 e. The molecule has 0 saturated carbocycles. The first-order chi connectivity index (χ1) is 10.7. The van der Waals surface area contributed by atoms with Crippen LogP contribution >= 0.6 is 23.2 Å². The molecular weight excluding hydrogens is 315 g/mol. The molecule has 3 rings (SSSR count). The van der Waals surface area contributed by atoms with Gasteiger partial charge in [0.15, 0.2) is 0 Å². The molecule has 0 aromatic heterocycles. The van der Waals surface area contributed by atoms with E-state index in [2.05, 4.69) is 28.5 Å². The lowest BCUT2D eigenvalue weighted by Gasteiger charge is -2.34. The molecule has 1 aliphatic rings. The zero-order chi connectivity index (χ0) is 15.4. The molecule has 0 atom stereocenters. The first kappa shape index (κ1) is 15.8. The van der Waals surface area contributed by atoms with Crippen LogP contribution in [0.2, 0.25) is 10.0 Å². The maximum absolute atomic E-state index is 6.05. The second-order valence-electron chi connectivity index (χ2n) is 5.63. The lowest BCUT2D eigenvalue weighted by atomic mass is 10.1. The molecule has 0 N–H and O–H groups in total. The minimum Gasteiger partial charge on any atom is -0.297 e. The summed E-state index contributed by atoms with van der Waals surface area (Å²) in [4.78, 5) is 4.83. The molecule has 1 heterocycles. The Morgan fingerprint density at radius 3 is 2.23 bits per heavy atom. The fourth-order valence-electron chi connectivity index (χ4n) is 2.74. The van der Waals surface area contributed by atoms with E-state index in [9.17, 15) is 0 Å². The minimum atomic E-state index is 0.786. The summed E-state index contributed by atoms with van der Waals surface area (Å²) in [5.74, 6) is 0. The van der Waals surface area contributed by atoms with E-state index in [1.54, 1.807) is 0 Å². The van der Waals surface area contributed by atoms with E-state index in [1.807, 2.05) is 36.4 Å². The third kappa shape index (κ3) is 4.47. The average molecular weight is 334 g/mol. The molecule has 0 aliphatic carbocycles. The van der Waals surface area contributed by atoms with E-state index in [0.717, 1.165) is 48.3 Å². The number of piperazine rings is 1. The van der Waals surface area contributed by atoms with Crippen LogP contribution in [0.3, 0.4) is 0 Å². The van der Waals surface area contributed by atoms with Crippen molar-refractivity contribution in [1.82, 2.24) is 9.80 Å². The number of nitrogens with zero attached hydrogens (tertiary/aromatic N) is 2. The molecule has 1 fully saturated rings. The number of rotatable bonds is 4. The van der Waals surface area contributed by atoms with Crippen LogP contribution in [0.25, 0.3) is 0 Å². The van der Waals surface area contributed by atoms with Gasteiger partial charge in [0.1, 0.15) is 0 Å². The van der Waals surface area contributed by atoms with Gasteiger partial charge in [0.25, 0.3) is 0 Å². The number of halogens is 2. The SMILES string of the molecule is Clc1cccc([CH]N2CCN(Cc3cccc(Cl)c3)CC2)c1. The molecule has 4 heteroatoms. The molecule has 0 amide bonds. The highest BCUT2D eigenvalue weighted by Gasteiger charge is 2.17. The first-order valence-corrected chi connectivity index (χ1v) is 8.26. The number of hydrogen-bond donors (Lipinski definition) is 0. The van der Waals surface area contributed by atoms with Crippen molar-refractivity contribution in [2.45, 2.75) is 6.54 Å². The fourth-order valence-corrected chi connectivity index (χ4v) is 3.15. The van der Waals surface area contributed by atoms with Gasteiger partial charge in [0.05, 0.1) is 6.54 Å². The van der Waals surface area contributed by atoms with Crippen molar-refractivity contribution < 1.29 is 0 Å². The summed E-state index contributed by atoms with van der Waals surface area (Å²) in [6.07, 6.45) is 0. The van der Waals surface area contributed by atoms with Crippen molar-refractivity contribution in [3.8, 4) is 0 Å². The molecule has 115 valence electrons. The summed E-state index contributed by atoms with van der Waals surface area (Å²) in [7, 11) is 0. The van der Waals surface area contributed by atoms with E-state index >= 15 is 0 Å². The summed E-state index contributed by atoms with van der Waals surface area (Å²) in [6, 6.07) is 16.1. The molecule has 2 aromatic rings. The Morgan fingerprint density at radius 1 is 0.864 bits per heavy atom. The van der Waals surface area contributed by atoms with E-state index in [0.29, 0.717) is 0 Å². The second-order valence-corrected chi connectivity index (χ2v) is 6.50. The van der Waals surface area contributed by atoms with Gasteiger partial charge in [0, 0.05) is 42.8 Å². The molecule has 0 spiro atoms. The third-order valence-electron chi connectivity index (χ3n) is 3.88. The summed E-state index contributed by atoms with van der Waals surface area (Å²) in [5.41, 5.74) is 2.44. The van der Waals surface area contributed by atoms with E-state index in [4.69, 9.17) is 23.2 Å². The maximum Gasteiger partial charge on any atom is 0.0547 e. The van der Waals surface area contributed by atoms with Gasteiger partial charge >= 0.3 is 0 Å². The van der Waals surface area contributed by atoms with Crippen molar-refractivity contribution in [3.63, 3.8) is 0 Å². The van der Waals surface area contributed by atoms with Crippen molar-refractivity contribution in [1.29, 1.82) is 0 Å². The highest BCUT2D eigenvalue weighted by molar-refractivity contribution is 6.30. The minimum absolute atomic E-state index is 0.786. The van der Waals surface area contributed by atoms with Gasteiger partial charge < -0.3 is 0 Å². The van der Waals surface area contributed by atoms with E-state index in [-0.39, 0.29) is 0 Å². The maximum atomic E-state index is 6.05. The molecule has 2 nitrogen and oxygen atoms in total. The van der Waals surface area contributed by atoms with Gasteiger partial charge in [-0.25, -0.2) is 0 Å². The van der Waals surface area contributed by atoms with Crippen LogP contribution in [-0.4, -0.2) is 36.0 Å². The highest BCUT2D eigenvalue weighted by atomic mass is 35.5. The van der Waals surface area contributed by atoms with Crippen LogP contribution < -0.4 is 0 Å². The monoisotopic (exact) mass is 333 g/mol. The Bertz CT molecular complexity index is 566. The highest BCUT2D eigenvalue weighted by Crippen LogP contribution is 2.17. The lowest BCUT2D eigenvalue weighted by Crippen LogP contribution is -2.44. The number of hydrogen-bond acceptors (Lipinski definition) is 2. The molecule has 1 radical (unpaired) electrons.